The average Bonchev–Trinajstić information content (AvgIpc) is 3.07. The number of rotatable bonds is 5. The molecule has 1 amide bonds. The van der Waals surface area contributed by atoms with Crippen molar-refractivity contribution in [2.24, 2.45) is 5.92 Å². The number of aliphatic carboxylic acids is 1. The highest BCUT2D eigenvalue weighted by Gasteiger charge is 2.48. The van der Waals surface area contributed by atoms with Gasteiger partial charge in [-0.15, -0.1) is 11.3 Å². The molecule has 1 heterocycles. The Morgan fingerprint density at radius 2 is 2.28 bits per heavy atom. The molecular formula is C12H16N2O3S. The van der Waals surface area contributed by atoms with Crippen molar-refractivity contribution >= 4 is 23.2 Å². The van der Waals surface area contributed by atoms with Crippen molar-refractivity contribution in [3.8, 4) is 0 Å². The van der Waals surface area contributed by atoms with Gasteiger partial charge in [-0.1, -0.05) is 6.92 Å². The lowest BCUT2D eigenvalue weighted by Crippen LogP contribution is -2.53. The third kappa shape index (κ3) is 2.38. The monoisotopic (exact) mass is 268 g/mol. The quantitative estimate of drug-likeness (QED) is 0.851. The highest BCUT2D eigenvalue weighted by Crippen LogP contribution is 2.40. The third-order valence-corrected chi connectivity index (χ3v) is 4.43. The second-order valence-electron chi connectivity index (χ2n) is 4.71. The van der Waals surface area contributed by atoms with Crippen molar-refractivity contribution < 1.29 is 14.7 Å². The van der Waals surface area contributed by atoms with Gasteiger partial charge in [0.1, 0.15) is 10.4 Å². The predicted molar refractivity (Wildman–Crippen MR) is 67.7 cm³/mol. The van der Waals surface area contributed by atoms with E-state index in [1.807, 2.05) is 6.92 Å². The highest BCUT2D eigenvalue weighted by molar-refractivity contribution is 7.13. The molecule has 0 aliphatic heterocycles. The van der Waals surface area contributed by atoms with Crippen LogP contribution in [-0.2, 0) is 11.2 Å². The van der Waals surface area contributed by atoms with E-state index in [0.717, 1.165) is 24.3 Å². The van der Waals surface area contributed by atoms with Gasteiger partial charge in [-0.25, -0.2) is 9.78 Å². The smallest absolute Gasteiger partial charge is 0.329 e. The van der Waals surface area contributed by atoms with Crippen molar-refractivity contribution in [2.45, 2.75) is 38.6 Å². The van der Waals surface area contributed by atoms with Crippen LogP contribution in [0.5, 0.6) is 0 Å². The molecule has 0 saturated heterocycles. The number of carboxylic acid groups (broad SMARTS) is 1. The van der Waals surface area contributed by atoms with Crippen molar-refractivity contribution in [2.75, 3.05) is 0 Å². The standard InChI is InChI=1S/C12H16N2O3S/c1-3-9-13-6-8(18-9)10(15)14-12(2,11(16)17)7-4-5-7/h6-7H,3-5H2,1-2H3,(H,14,15)(H,16,17). The van der Waals surface area contributed by atoms with Crippen molar-refractivity contribution in [1.29, 1.82) is 0 Å². The van der Waals surface area contributed by atoms with Gasteiger partial charge < -0.3 is 10.4 Å². The van der Waals surface area contributed by atoms with Gasteiger partial charge >= 0.3 is 5.97 Å². The topological polar surface area (TPSA) is 79.3 Å². The predicted octanol–water partition coefficient (Wildman–Crippen LogP) is 1.69. The van der Waals surface area contributed by atoms with E-state index in [1.165, 1.54) is 17.5 Å². The van der Waals surface area contributed by atoms with Gasteiger partial charge in [0.05, 0.1) is 11.2 Å². The van der Waals surface area contributed by atoms with Gasteiger partial charge in [-0.05, 0) is 32.1 Å². The Morgan fingerprint density at radius 3 is 2.72 bits per heavy atom. The fraction of sp³-hybridized carbons (Fsp3) is 0.583. The first-order chi connectivity index (χ1) is 8.47. The molecule has 6 heteroatoms. The molecule has 1 aromatic rings. The highest BCUT2D eigenvalue weighted by atomic mass is 32.1. The summed E-state index contributed by atoms with van der Waals surface area (Å²) >= 11 is 1.31. The molecule has 1 atom stereocenters. The average molecular weight is 268 g/mol. The Bertz CT molecular complexity index is 481. The second-order valence-corrected chi connectivity index (χ2v) is 5.82. The maximum Gasteiger partial charge on any atom is 0.329 e. The molecule has 0 spiro atoms. The Morgan fingerprint density at radius 1 is 1.61 bits per heavy atom. The number of carbonyl (C=O) groups excluding carboxylic acids is 1. The minimum atomic E-state index is -1.16. The second kappa shape index (κ2) is 4.68. The summed E-state index contributed by atoms with van der Waals surface area (Å²) in [5, 5.41) is 12.8. The fourth-order valence-electron chi connectivity index (χ4n) is 1.87. The lowest BCUT2D eigenvalue weighted by molar-refractivity contribution is -0.144. The molecule has 1 aliphatic carbocycles. The van der Waals surface area contributed by atoms with Crippen LogP contribution in [0.25, 0.3) is 0 Å². The number of carbonyl (C=O) groups is 2. The van der Waals surface area contributed by atoms with E-state index in [0.29, 0.717) is 4.88 Å². The Labute approximate surface area is 109 Å². The van der Waals surface area contributed by atoms with Crippen molar-refractivity contribution in [3.63, 3.8) is 0 Å². The molecule has 1 aromatic heterocycles. The van der Waals surface area contributed by atoms with Crippen LogP contribution in [-0.4, -0.2) is 27.5 Å². The normalized spacial score (nSPS) is 18.1. The molecule has 2 rings (SSSR count). The van der Waals surface area contributed by atoms with Crippen molar-refractivity contribution in [3.05, 3.63) is 16.1 Å². The molecule has 0 radical (unpaired) electrons. The largest absolute Gasteiger partial charge is 0.480 e. The van der Waals surface area contributed by atoms with Gasteiger partial charge in [0, 0.05) is 0 Å². The van der Waals surface area contributed by atoms with Gasteiger partial charge in [-0.3, -0.25) is 4.79 Å². The number of nitrogens with one attached hydrogen (secondary N) is 1. The molecule has 1 fully saturated rings. The number of carboxylic acids is 1. The first-order valence-corrected chi connectivity index (χ1v) is 6.79. The zero-order chi connectivity index (χ0) is 13.3. The van der Waals surface area contributed by atoms with Crippen LogP contribution in [0, 0.1) is 5.92 Å². The molecule has 18 heavy (non-hydrogen) atoms. The molecule has 2 N–H and O–H groups in total. The maximum atomic E-state index is 12.0. The molecular weight excluding hydrogens is 252 g/mol. The molecule has 1 saturated carbocycles. The SMILES string of the molecule is CCc1ncc(C(=O)NC(C)(C(=O)O)C2CC2)s1. The van der Waals surface area contributed by atoms with Crippen LogP contribution in [0.15, 0.2) is 6.20 Å². The summed E-state index contributed by atoms with van der Waals surface area (Å²) < 4.78 is 0. The van der Waals surface area contributed by atoms with Crippen LogP contribution >= 0.6 is 11.3 Å². The van der Waals surface area contributed by atoms with E-state index >= 15 is 0 Å². The van der Waals surface area contributed by atoms with Gasteiger partial charge in [0.25, 0.3) is 5.91 Å². The fourth-order valence-corrected chi connectivity index (χ4v) is 2.62. The molecule has 0 bridgehead atoms. The summed E-state index contributed by atoms with van der Waals surface area (Å²) in [5.41, 5.74) is -1.16. The summed E-state index contributed by atoms with van der Waals surface area (Å²) in [6, 6.07) is 0. The van der Waals surface area contributed by atoms with E-state index in [2.05, 4.69) is 10.3 Å². The molecule has 0 aromatic carbocycles. The van der Waals surface area contributed by atoms with Crippen LogP contribution in [0.3, 0.4) is 0 Å². The zero-order valence-electron chi connectivity index (χ0n) is 10.4. The van der Waals surface area contributed by atoms with Gasteiger partial charge in [0.15, 0.2) is 0 Å². The van der Waals surface area contributed by atoms with E-state index in [4.69, 9.17) is 0 Å². The molecule has 1 aliphatic rings. The lowest BCUT2D eigenvalue weighted by atomic mass is 9.96. The van der Waals surface area contributed by atoms with E-state index < -0.39 is 11.5 Å². The number of thiazole rings is 1. The summed E-state index contributed by atoms with van der Waals surface area (Å²) in [6.45, 7) is 3.54. The van der Waals surface area contributed by atoms with E-state index in [1.54, 1.807) is 6.92 Å². The van der Waals surface area contributed by atoms with Crippen LogP contribution < -0.4 is 5.32 Å². The molecule has 5 nitrogen and oxygen atoms in total. The number of aryl methyl sites for hydroxylation is 1. The Balaban J connectivity index is 2.12. The summed E-state index contributed by atoms with van der Waals surface area (Å²) in [4.78, 5) is 27.9. The number of amides is 1. The minimum Gasteiger partial charge on any atom is -0.480 e. The maximum absolute atomic E-state index is 12.0. The van der Waals surface area contributed by atoms with Crippen LogP contribution in [0.4, 0.5) is 0 Å². The number of hydrogen-bond donors (Lipinski definition) is 2. The third-order valence-electron chi connectivity index (χ3n) is 3.29. The minimum absolute atomic E-state index is 0.0394. The summed E-state index contributed by atoms with van der Waals surface area (Å²) in [7, 11) is 0. The Kier molecular flexibility index (Phi) is 3.38. The molecule has 1 unspecified atom stereocenters. The summed E-state index contributed by atoms with van der Waals surface area (Å²) in [5.74, 6) is -1.28. The van der Waals surface area contributed by atoms with E-state index in [-0.39, 0.29) is 11.8 Å². The van der Waals surface area contributed by atoms with Crippen molar-refractivity contribution in [1.82, 2.24) is 10.3 Å². The number of hydrogen-bond acceptors (Lipinski definition) is 4. The molecule has 98 valence electrons. The first-order valence-electron chi connectivity index (χ1n) is 5.98. The number of aromatic nitrogens is 1. The first kappa shape index (κ1) is 13.0. The van der Waals surface area contributed by atoms with Gasteiger partial charge in [0.2, 0.25) is 0 Å². The van der Waals surface area contributed by atoms with Gasteiger partial charge in [-0.2, -0.15) is 0 Å². The number of nitrogens with zero attached hydrogens (tertiary/aromatic N) is 1. The lowest BCUT2D eigenvalue weighted by Gasteiger charge is -2.25. The van der Waals surface area contributed by atoms with Crippen LogP contribution in [0.2, 0.25) is 0 Å². The summed E-state index contributed by atoms with van der Waals surface area (Å²) in [6.07, 6.45) is 3.99. The Hall–Kier alpha value is -1.43. The van der Waals surface area contributed by atoms with Crippen LogP contribution in [0.1, 0.15) is 41.4 Å². The van der Waals surface area contributed by atoms with E-state index in [9.17, 15) is 14.7 Å². The zero-order valence-corrected chi connectivity index (χ0v) is 11.2.